The molecule has 0 spiro atoms. The molecule has 1 heterocycles. The van der Waals surface area contributed by atoms with Crippen LogP contribution in [-0.4, -0.2) is 49.7 Å². The Balaban J connectivity index is 1.91. The lowest BCUT2D eigenvalue weighted by Crippen LogP contribution is -2.54. The van der Waals surface area contributed by atoms with Crippen molar-refractivity contribution in [3.05, 3.63) is 0 Å². The minimum atomic E-state index is -0.471. The molecular weight excluding hydrogens is 234 g/mol. The number of nitrogens with one attached hydrogen (secondary N) is 1. The van der Waals surface area contributed by atoms with E-state index in [1.54, 1.807) is 0 Å². The van der Waals surface area contributed by atoms with Crippen molar-refractivity contribution in [3.63, 3.8) is 0 Å². The minimum absolute atomic E-state index is 0.135. The minimum Gasteiger partial charge on any atom is -0.469 e. The van der Waals surface area contributed by atoms with Crippen LogP contribution in [0.1, 0.15) is 19.3 Å². The number of hydrogen-bond donors (Lipinski definition) is 2. The van der Waals surface area contributed by atoms with Crippen LogP contribution in [-0.2, 0) is 9.53 Å². The van der Waals surface area contributed by atoms with E-state index >= 15 is 0 Å². The van der Waals surface area contributed by atoms with Crippen molar-refractivity contribution in [2.45, 2.75) is 25.3 Å². The summed E-state index contributed by atoms with van der Waals surface area (Å²) in [5.74, 6) is 0.234. The number of nitrogens with zero attached hydrogens (tertiary/aromatic N) is 1. The molecule has 0 aromatic rings. The van der Waals surface area contributed by atoms with Gasteiger partial charge in [-0.15, -0.1) is 0 Å². The molecule has 1 saturated carbocycles. The molecule has 1 aliphatic carbocycles. The zero-order valence-corrected chi connectivity index (χ0v) is 10.7. The Labute approximate surface area is 107 Å². The Bertz CT molecular complexity index is 331. The third-order valence-corrected chi connectivity index (χ3v) is 3.69. The number of carbonyl (C=O) groups is 2. The number of methoxy groups -OCH3 is 1. The molecule has 6 nitrogen and oxygen atoms in total. The number of likely N-dealkylation sites (tertiary alicyclic amines) is 1. The largest absolute Gasteiger partial charge is 0.469 e. The summed E-state index contributed by atoms with van der Waals surface area (Å²) in [6.07, 6.45) is 3.27. The van der Waals surface area contributed by atoms with Crippen LogP contribution in [0.15, 0.2) is 0 Å². The van der Waals surface area contributed by atoms with Gasteiger partial charge in [-0.25, -0.2) is 4.79 Å². The molecule has 0 radical (unpaired) electrons. The second kappa shape index (κ2) is 5.56. The average Bonchev–Trinajstić information content (AvgIpc) is 3.19. The van der Waals surface area contributed by atoms with Crippen molar-refractivity contribution < 1.29 is 14.3 Å². The topological polar surface area (TPSA) is 84.7 Å². The summed E-state index contributed by atoms with van der Waals surface area (Å²) in [4.78, 5) is 24.4. The summed E-state index contributed by atoms with van der Waals surface area (Å²) in [6.45, 7) is 1.91. The number of carbonyl (C=O) groups excluding carboxylic acids is 2. The molecule has 2 unspecified atom stereocenters. The number of hydrogen-bond acceptors (Lipinski definition) is 4. The fraction of sp³-hybridized carbons (Fsp3) is 0.833. The van der Waals surface area contributed by atoms with Crippen molar-refractivity contribution in [1.29, 1.82) is 0 Å². The summed E-state index contributed by atoms with van der Waals surface area (Å²) in [5, 5.41) is 3.42. The average molecular weight is 255 g/mol. The van der Waals surface area contributed by atoms with E-state index in [1.165, 1.54) is 24.9 Å². The maximum atomic E-state index is 11.6. The lowest BCUT2D eigenvalue weighted by molar-refractivity contribution is -0.147. The van der Waals surface area contributed by atoms with Gasteiger partial charge in [0.15, 0.2) is 0 Å². The van der Waals surface area contributed by atoms with Crippen LogP contribution in [0.5, 0.6) is 0 Å². The molecule has 2 aliphatic rings. The van der Waals surface area contributed by atoms with E-state index in [-0.39, 0.29) is 17.9 Å². The molecule has 2 atom stereocenters. The fourth-order valence-corrected chi connectivity index (χ4v) is 2.42. The van der Waals surface area contributed by atoms with Gasteiger partial charge in [-0.2, -0.15) is 0 Å². The highest BCUT2D eigenvalue weighted by molar-refractivity contribution is 5.76. The number of urea groups is 1. The van der Waals surface area contributed by atoms with Gasteiger partial charge < -0.3 is 20.7 Å². The Hall–Kier alpha value is -1.30. The number of nitrogens with two attached hydrogens (primary N) is 1. The Kier molecular flexibility index (Phi) is 4.06. The second-order valence-corrected chi connectivity index (χ2v) is 5.25. The maximum Gasteiger partial charge on any atom is 0.314 e. The van der Waals surface area contributed by atoms with E-state index < -0.39 is 6.03 Å². The molecule has 2 rings (SSSR count). The normalized spacial score (nSPS) is 27.9. The number of amides is 2. The quantitative estimate of drug-likeness (QED) is 0.689. The Morgan fingerprint density at radius 2 is 2.11 bits per heavy atom. The first kappa shape index (κ1) is 13.1. The number of rotatable bonds is 4. The molecule has 18 heavy (non-hydrogen) atoms. The third kappa shape index (κ3) is 3.35. The number of esters is 1. The van der Waals surface area contributed by atoms with Gasteiger partial charge in [-0.3, -0.25) is 4.79 Å². The van der Waals surface area contributed by atoms with Crippen molar-refractivity contribution in [2.24, 2.45) is 17.6 Å². The molecule has 0 aromatic carbocycles. The molecule has 0 aromatic heterocycles. The predicted molar refractivity (Wildman–Crippen MR) is 65.8 cm³/mol. The molecule has 1 aliphatic heterocycles. The lowest BCUT2D eigenvalue weighted by atomic mass is 9.94. The fourth-order valence-electron chi connectivity index (χ4n) is 2.42. The Morgan fingerprint density at radius 1 is 1.39 bits per heavy atom. The Morgan fingerprint density at radius 3 is 2.67 bits per heavy atom. The molecule has 3 N–H and O–H groups in total. The number of primary amides is 1. The van der Waals surface area contributed by atoms with E-state index in [0.717, 1.165) is 12.5 Å². The van der Waals surface area contributed by atoms with Crippen molar-refractivity contribution in [2.75, 3.05) is 26.7 Å². The van der Waals surface area contributed by atoms with Gasteiger partial charge in [0.2, 0.25) is 0 Å². The molecule has 2 amide bonds. The van der Waals surface area contributed by atoms with Crippen LogP contribution in [0, 0.1) is 11.8 Å². The highest BCUT2D eigenvalue weighted by Crippen LogP contribution is 2.28. The van der Waals surface area contributed by atoms with Crippen LogP contribution in [0.25, 0.3) is 0 Å². The van der Waals surface area contributed by atoms with E-state index in [2.05, 4.69) is 5.32 Å². The van der Waals surface area contributed by atoms with E-state index in [9.17, 15) is 9.59 Å². The first-order valence-electron chi connectivity index (χ1n) is 6.45. The monoisotopic (exact) mass is 255 g/mol. The van der Waals surface area contributed by atoms with Crippen molar-refractivity contribution in [3.8, 4) is 0 Å². The van der Waals surface area contributed by atoms with Gasteiger partial charge in [0, 0.05) is 19.1 Å². The molecule has 1 saturated heterocycles. The number of piperidine rings is 1. The first-order chi connectivity index (χ1) is 8.60. The molecular formula is C12H21N3O3. The van der Waals surface area contributed by atoms with Crippen molar-refractivity contribution in [1.82, 2.24) is 10.2 Å². The van der Waals surface area contributed by atoms with Gasteiger partial charge in [0.1, 0.15) is 0 Å². The van der Waals surface area contributed by atoms with E-state index in [0.29, 0.717) is 19.5 Å². The molecule has 0 bridgehead atoms. The van der Waals surface area contributed by atoms with Gasteiger partial charge in [0.25, 0.3) is 0 Å². The summed E-state index contributed by atoms with van der Waals surface area (Å²) in [7, 11) is 1.37. The molecule has 2 fully saturated rings. The summed E-state index contributed by atoms with van der Waals surface area (Å²) in [6, 6.07) is -0.335. The van der Waals surface area contributed by atoms with Gasteiger partial charge in [0.05, 0.1) is 13.0 Å². The standard InChI is InChI=1S/C12H21N3O3/c1-18-11(16)9-4-10(14-5-8-2-3-8)7-15(6-9)12(13)17/h8-10,14H,2-7H2,1H3,(H2,13,17). The molecule has 102 valence electrons. The van der Waals surface area contributed by atoms with Gasteiger partial charge >= 0.3 is 12.0 Å². The smallest absolute Gasteiger partial charge is 0.314 e. The zero-order valence-electron chi connectivity index (χ0n) is 10.7. The van der Waals surface area contributed by atoms with E-state index in [4.69, 9.17) is 10.5 Å². The van der Waals surface area contributed by atoms with Crippen LogP contribution < -0.4 is 11.1 Å². The summed E-state index contributed by atoms with van der Waals surface area (Å²) < 4.78 is 4.76. The lowest BCUT2D eigenvalue weighted by Gasteiger charge is -2.36. The maximum absolute atomic E-state index is 11.6. The van der Waals surface area contributed by atoms with Crippen molar-refractivity contribution >= 4 is 12.0 Å². The van der Waals surface area contributed by atoms with E-state index in [1.807, 2.05) is 0 Å². The van der Waals surface area contributed by atoms with Crippen LogP contribution >= 0.6 is 0 Å². The molecule has 6 heteroatoms. The van der Waals surface area contributed by atoms with Crippen LogP contribution in [0.2, 0.25) is 0 Å². The first-order valence-corrected chi connectivity index (χ1v) is 6.45. The third-order valence-electron chi connectivity index (χ3n) is 3.69. The second-order valence-electron chi connectivity index (χ2n) is 5.25. The van der Waals surface area contributed by atoms with Crippen LogP contribution in [0.3, 0.4) is 0 Å². The highest BCUT2D eigenvalue weighted by atomic mass is 16.5. The highest BCUT2D eigenvalue weighted by Gasteiger charge is 2.34. The number of ether oxygens (including phenoxy) is 1. The van der Waals surface area contributed by atoms with Gasteiger partial charge in [-0.05, 0) is 31.7 Å². The SMILES string of the molecule is COC(=O)C1CC(NCC2CC2)CN(C(N)=O)C1. The van der Waals surface area contributed by atoms with Gasteiger partial charge in [-0.1, -0.05) is 0 Å². The summed E-state index contributed by atoms with van der Waals surface area (Å²) >= 11 is 0. The summed E-state index contributed by atoms with van der Waals surface area (Å²) in [5.41, 5.74) is 5.31. The predicted octanol–water partition coefficient (Wildman–Crippen LogP) is -0.0718. The zero-order chi connectivity index (χ0) is 13.1. The van der Waals surface area contributed by atoms with Crippen LogP contribution in [0.4, 0.5) is 4.79 Å².